The number of esters is 2. The lowest BCUT2D eigenvalue weighted by Crippen LogP contribution is -2.50. The lowest BCUT2D eigenvalue weighted by Gasteiger charge is -2.31. The van der Waals surface area contributed by atoms with Crippen molar-refractivity contribution in [2.75, 3.05) is 41.0 Å². The molecule has 0 spiro atoms. The van der Waals surface area contributed by atoms with Crippen molar-refractivity contribution in [1.82, 2.24) is 0 Å². The third-order valence-corrected chi connectivity index (χ3v) is 10.4. The Morgan fingerprint density at radius 1 is 0.564 bits per heavy atom. The molecule has 0 bridgehead atoms. The van der Waals surface area contributed by atoms with Gasteiger partial charge in [-0.15, -0.1) is 0 Å². The highest BCUT2D eigenvalue weighted by Crippen LogP contribution is 2.16. The highest BCUT2D eigenvalue weighted by Gasteiger charge is 2.31. The molecule has 0 radical (unpaired) electrons. The Bertz CT molecular complexity index is 957. The van der Waals surface area contributed by atoms with Crippen molar-refractivity contribution in [3.8, 4) is 0 Å². The van der Waals surface area contributed by atoms with Crippen molar-refractivity contribution >= 4 is 17.9 Å². The molecule has 0 heterocycles. The van der Waals surface area contributed by atoms with Crippen molar-refractivity contribution in [3.63, 3.8) is 0 Å². The number of carbonyl (C=O) groups is 3. The minimum absolute atomic E-state index is 0.0463. The second-order valence-electron chi connectivity index (χ2n) is 16.6. The van der Waals surface area contributed by atoms with Crippen LogP contribution in [0.25, 0.3) is 0 Å². The molecule has 0 amide bonds. The number of hydrogen-bond donors (Lipinski definition) is 1. The van der Waals surface area contributed by atoms with Gasteiger partial charge in [-0.2, -0.15) is 0 Å². The van der Waals surface area contributed by atoms with E-state index in [4.69, 9.17) is 14.2 Å². The van der Waals surface area contributed by atoms with E-state index < -0.39 is 18.1 Å². The number of likely N-dealkylation sites (N-methyl/N-ethyl adjacent to an activating group) is 1. The maximum Gasteiger partial charge on any atom is 0.362 e. The summed E-state index contributed by atoms with van der Waals surface area (Å²) in [5.74, 6) is -1.46. The van der Waals surface area contributed by atoms with Gasteiger partial charge >= 0.3 is 17.9 Å². The molecule has 0 rings (SSSR count). The summed E-state index contributed by atoms with van der Waals surface area (Å²) < 4.78 is 17.3. The Labute approximate surface area is 339 Å². The molecule has 1 N–H and O–H groups in total. The molecule has 0 aromatic rings. The number of aliphatic carboxylic acids is 1. The lowest BCUT2D eigenvalue weighted by molar-refractivity contribution is -0.887. The van der Waals surface area contributed by atoms with Crippen LogP contribution in [0.2, 0.25) is 0 Å². The third-order valence-electron chi connectivity index (χ3n) is 10.4. The molecule has 322 valence electrons. The van der Waals surface area contributed by atoms with Gasteiger partial charge in [0.25, 0.3) is 0 Å². The van der Waals surface area contributed by atoms with E-state index in [0.717, 1.165) is 51.4 Å². The van der Waals surface area contributed by atoms with E-state index in [9.17, 15) is 19.5 Å². The summed E-state index contributed by atoms with van der Waals surface area (Å²) in [6.45, 7) is 4.64. The first kappa shape index (κ1) is 52.8. The number of carbonyl (C=O) groups excluding carboxylic acids is 2. The molecule has 0 aliphatic rings. The molecule has 55 heavy (non-hydrogen) atoms. The molecule has 0 aliphatic carbocycles. The van der Waals surface area contributed by atoms with E-state index in [-0.39, 0.29) is 36.2 Å². The average molecular weight is 779 g/mol. The normalized spacial score (nSPS) is 13.1. The van der Waals surface area contributed by atoms with Crippen LogP contribution >= 0.6 is 0 Å². The first-order chi connectivity index (χ1) is 26.6. The number of allylic oxidation sites excluding steroid dienone is 4. The highest BCUT2D eigenvalue weighted by molar-refractivity contribution is 5.72. The standard InChI is InChI=1S/C47H87NO7/c1-6-8-10-12-14-16-18-19-20-21-22-23-24-25-26-27-28-30-31-33-35-37-45(49)54-42-43(41-53-40-39-44(47(51)52)48(3,4)5)55-46(50)38-36-34-32-29-17-15-13-11-9-7-2/h8,10,14,16,43-44H,6-7,9,11-13,15,17-42H2,1-5H3/p+1/b10-8+,16-14+. The van der Waals surface area contributed by atoms with Crippen LogP contribution in [-0.4, -0.2) is 80.6 Å². The zero-order chi connectivity index (χ0) is 40.7. The summed E-state index contributed by atoms with van der Waals surface area (Å²) >= 11 is 0. The topological polar surface area (TPSA) is 99.1 Å². The van der Waals surface area contributed by atoms with Gasteiger partial charge in [0.15, 0.2) is 12.1 Å². The van der Waals surface area contributed by atoms with Crippen LogP contribution in [0.1, 0.15) is 206 Å². The average Bonchev–Trinajstić information content (AvgIpc) is 3.14. The van der Waals surface area contributed by atoms with Crippen LogP contribution in [0.4, 0.5) is 0 Å². The second kappa shape index (κ2) is 38.7. The number of nitrogens with zero attached hydrogens (tertiary/aromatic N) is 1. The van der Waals surface area contributed by atoms with Crippen LogP contribution in [0.15, 0.2) is 24.3 Å². The smallest absolute Gasteiger partial charge is 0.362 e. The van der Waals surface area contributed by atoms with Crippen LogP contribution in [0.3, 0.4) is 0 Å². The van der Waals surface area contributed by atoms with E-state index in [2.05, 4.69) is 38.2 Å². The van der Waals surface area contributed by atoms with Crippen molar-refractivity contribution in [2.24, 2.45) is 0 Å². The van der Waals surface area contributed by atoms with Gasteiger partial charge in [-0.25, -0.2) is 4.79 Å². The summed E-state index contributed by atoms with van der Waals surface area (Å²) in [6.07, 6.45) is 42.3. The summed E-state index contributed by atoms with van der Waals surface area (Å²) in [6, 6.07) is -0.610. The molecule has 0 saturated carbocycles. The number of rotatable bonds is 41. The van der Waals surface area contributed by atoms with E-state index in [1.807, 2.05) is 21.1 Å². The SMILES string of the molecule is CC/C=C/C/C=C/CCCCCCCCCCCCCCCCC(=O)OCC(COCCC(C(=O)O)[N+](C)(C)C)OC(=O)CCCCCCCCCCCC. The molecule has 0 saturated heterocycles. The van der Waals surface area contributed by atoms with Crippen LogP contribution in [0.5, 0.6) is 0 Å². The Balaban J connectivity index is 4.17. The molecule has 8 nitrogen and oxygen atoms in total. The van der Waals surface area contributed by atoms with E-state index in [1.54, 1.807) is 0 Å². The summed E-state index contributed by atoms with van der Waals surface area (Å²) in [5.41, 5.74) is 0. The predicted molar refractivity (Wildman–Crippen MR) is 229 cm³/mol. The van der Waals surface area contributed by atoms with Gasteiger partial charge in [0.05, 0.1) is 34.4 Å². The van der Waals surface area contributed by atoms with Gasteiger partial charge in [-0.1, -0.05) is 173 Å². The fourth-order valence-corrected chi connectivity index (χ4v) is 6.84. The highest BCUT2D eigenvalue weighted by atomic mass is 16.6. The number of hydrogen-bond acceptors (Lipinski definition) is 6. The molecule has 0 aromatic carbocycles. The van der Waals surface area contributed by atoms with Crippen molar-refractivity contribution < 1.29 is 38.2 Å². The van der Waals surface area contributed by atoms with Crippen LogP contribution in [0, 0.1) is 0 Å². The van der Waals surface area contributed by atoms with Gasteiger partial charge in [0.1, 0.15) is 6.61 Å². The first-order valence-electron chi connectivity index (χ1n) is 22.9. The zero-order valence-corrected chi connectivity index (χ0v) is 36.6. The summed E-state index contributed by atoms with van der Waals surface area (Å²) in [4.78, 5) is 36.9. The van der Waals surface area contributed by atoms with Gasteiger partial charge in [0, 0.05) is 19.3 Å². The Morgan fingerprint density at radius 3 is 1.49 bits per heavy atom. The van der Waals surface area contributed by atoms with Crippen molar-refractivity contribution in [3.05, 3.63) is 24.3 Å². The molecule has 2 unspecified atom stereocenters. The summed E-state index contributed by atoms with van der Waals surface area (Å²) in [5, 5.41) is 9.61. The molecular formula is C47H88NO7+. The Morgan fingerprint density at radius 2 is 1.02 bits per heavy atom. The third kappa shape index (κ3) is 37.2. The van der Waals surface area contributed by atoms with Gasteiger partial charge in [-0.05, 0) is 38.5 Å². The number of ether oxygens (including phenoxy) is 3. The van der Waals surface area contributed by atoms with Crippen LogP contribution in [-0.2, 0) is 28.6 Å². The Hall–Kier alpha value is -2.19. The molecule has 2 atom stereocenters. The molecule has 0 fully saturated rings. The van der Waals surface area contributed by atoms with Gasteiger partial charge in [0.2, 0.25) is 0 Å². The minimum Gasteiger partial charge on any atom is -0.477 e. The number of carboxylic acids is 1. The van der Waals surface area contributed by atoms with Crippen molar-refractivity contribution in [1.29, 1.82) is 0 Å². The fourth-order valence-electron chi connectivity index (χ4n) is 6.84. The molecule has 0 aromatic heterocycles. The maximum atomic E-state index is 12.7. The van der Waals surface area contributed by atoms with Crippen molar-refractivity contribution in [2.45, 2.75) is 219 Å². The molecule has 0 aliphatic heterocycles. The Kier molecular flexibility index (Phi) is 37.1. The van der Waals surface area contributed by atoms with Gasteiger partial charge in [-0.3, -0.25) is 9.59 Å². The van der Waals surface area contributed by atoms with Gasteiger partial charge < -0.3 is 23.8 Å². The van der Waals surface area contributed by atoms with E-state index >= 15 is 0 Å². The maximum absolute atomic E-state index is 12.7. The monoisotopic (exact) mass is 779 g/mol. The predicted octanol–water partition coefficient (Wildman–Crippen LogP) is 12.5. The molecular weight excluding hydrogens is 691 g/mol. The number of carboxylic acid groups (broad SMARTS) is 1. The van der Waals surface area contributed by atoms with E-state index in [1.165, 1.54) is 122 Å². The van der Waals surface area contributed by atoms with Crippen LogP contribution < -0.4 is 0 Å². The lowest BCUT2D eigenvalue weighted by atomic mass is 10.0. The summed E-state index contributed by atoms with van der Waals surface area (Å²) in [7, 11) is 5.53. The quantitative estimate of drug-likeness (QED) is 0.0285. The first-order valence-corrected chi connectivity index (χ1v) is 22.9. The molecule has 8 heteroatoms. The minimum atomic E-state index is -0.873. The zero-order valence-electron chi connectivity index (χ0n) is 36.6. The fraction of sp³-hybridized carbons (Fsp3) is 0.851. The van der Waals surface area contributed by atoms with E-state index in [0.29, 0.717) is 19.3 Å². The second-order valence-corrected chi connectivity index (χ2v) is 16.6. The number of quaternary nitrogens is 1. The number of unbranched alkanes of at least 4 members (excludes halogenated alkanes) is 23. The largest absolute Gasteiger partial charge is 0.477 e.